The molecule has 0 radical (unpaired) electrons. The van der Waals surface area contributed by atoms with Crippen LogP contribution in [0.2, 0.25) is 0 Å². The first-order valence-electron chi connectivity index (χ1n) is 8.26. The van der Waals surface area contributed by atoms with Gasteiger partial charge < -0.3 is 5.73 Å². The Balaban J connectivity index is 1.90. The van der Waals surface area contributed by atoms with Crippen molar-refractivity contribution in [3.05, 3.63) is 35.9 Å². The molecule has 1 aliphatic rings. The van der Waals surface area contributed by atoms with E-state index in [1.807, 2.05) is 0 Å². The van der Waals surface area contributed by atoms with Crippen LogP contribution in [0, 0.1) is 5.92 Å². The molecule has 0 saturated heterocycles. The van der Waals surface area contributed by atoms with E-state index in [0.29, 0.717) is 12.0 Å². The molecule has 1 fully saturated rings. The summed E-state index contributed by atoms with van der Waals surface area (Å²) >= 11 is 0. The molecule has 2 heteroatoms. The molecule has 0 bridgehead atoms. The Morgan fingerprint density at radius 2 is 2.00 bits per heavy atom. The van der Waals surface area contributed by atoms with Crippen LogP contribution in [0.1, 0.15) is 45.1 Å². The van der Waals surface area contributed by atoms with Crippen LogP contribution in [0.3, 0.4) is 0 Å². The van der Waals surface area contributed by atoms with Gasteiger partial charge in [-0.05, 0) is 57.2 Å². The quantitative estimate of drug-likeness (QED) is 0.825. The van der Waals surface area contributed by atoms with Gasteiger partial charge in [-0.1, -0.05) is 43.7 Å². The van der Waals surface area contributed by atoms with E-state index >= 15 is 0 Å². The van der Waals surface area contributed by atoms with Crippen molar-refractivity contribution in [2.45, 2.75) is 58.0 Å². The van der Waals surface area contributed by atoms with Gasteiger partial charge in [0.05, 0.1) is 0 Å². The number of rotatable bonds is 7. The van der Waals surface area contributed by atoms with Gasteiger partial charge in [-0.15, -0.1) is 0 Å². The highest BCUT2D eigenvalue weighted by atomic mass is 15.2. The summed E-state index contributed by atoms with van der Waals surface area (Å²) in [6, 6.07) is 12.2. The largest absolute Gasteiger partial charge is 0.330 e. The van der Waals surface area contributed by atoms with E-state index in [1.165, 1.54) is 37.7 Å². The molecule has 112 valence electrons. The van der Waals surface area contributed by atoms with Crippen LogP contribution < -0.4 is 5.73 Å². The standard InChI is InChI=1S/C18H30N2/c1-3-20(18-11-7-10-17(18)14-19)15(2)12-13-16-8-5-4-6-9-16/h4-6,8-9,15,17-18H,3,7,10-14,19H2,1-2H3. The van der Waals surface area contributed by atoms with Gasteiger partial charge >= 0.3 is 0 Å². The first kappa shape index (κ1) is 15.5. The molecule has 0 spiro atoms. The first-order valence-corrected chi connectivity index (χ1v) is 8.26. The Hall–Kier alpha value is -0.860. The van der Waals surface area contributed by atoms with Crippen LogP contribution in [0.5, 0.6) is 0 Å². The average Bonchev–Trinajstić information content (AvgIpc) is 2.95. The van der Waals surface area contributed by atoms with E-state index < -0.39 is 0 Å². The predicted molar refractivity (Wildman–Crippen MR) is 86.8 cm³/mol. The minimum Gasteiger partial charge on any atom is -0.330 e. The van der Waals surface area contributed by atoms with Crippen molar-refractivity contribution in [2.75, 3.05) is 13.1 Å². The van der Waals surface area contributed by atoms with E-state index in [4.69, 9.17) is 5.73 Å². The summed E-state index contributed by atoms with van der Waals surface area (Å²) in [6.07, 6.45) is 6.44. The zero-order chi connectivity index (χ0) is 14.4. The zero-order valence-corrected chi connectivity index (χ0v) is 13.1. The Morgan fingerprint density at radius 3 is 2.65 bits per heavy atom. The highest BCUT2D eigenvalue weighted by molar-refractivity contribution is 5.14. The molecule has 0 aliphatic heterocycles. The predicted octanol–water partition coefficient (Wildman–Crippen LogP) is 3.46. The molecule has 3 unspecified atom stereocenters. The zero-order valence-electron chi connectivity index (χ0n) is 13.1. The summed E-state index contributed by atoms with van der Waals surface area (Å²) in [6.45, 7) is 6.69. The van der Waals surface area contributed by atoms with Gasteiger partial charge in [0.2, 0.25) is 0 Å². The topological polar surface area (TPSA) is 29.3 Å². The molecule has 3 atom stereocenters. The molecular weight excluding hydrogens is 244 g/mol. The molecule has 1 aliphatic carbocycles. The lowest BCUT2D eigenvalue weighted by Gasteiger charge is -2.36. The lowest BCUT2D eigenvalue weighted by molar-refractivity contribution is 0.118. The summed E-state index contributed by atoms with van der Waals surface area (Å²) < 4.78 is 0. The third kappa shape index (κ3) is 3.83. The molecule has 2 N–H and O–H groups in total. The lowest BCUT2D eigenvalue weighted by atomic mass is 9.98. The second kappa shape index (κ2) is 7.80. The number of hydrogen-bond donors (Lipinski definition) is 1. The number of nitrogens with two attached hydrogens (primary N) is 1. The number of benzene rings is 1. The van der Waals surface area contributed by atoms with Gasteiger partial charge in [0.25, 0.3) is 0 Å². The van der Waals surface area contributed by atoms with E-state index in [0.717, 1.165) is 19.1 Å². The molecule has 0 amide bonds. The monoisotopic (exact) mass is 274 g/mol. The summed E-state index contributed by atoms with van der Waals surface area (Å²) in [5.41, 5.74) is 7.41. The third-order valence-electron chi connectivity index (χ3n) is 4.97. The van der Waals surface area contributed by atoms with Crippen LogP contribution in [-0.2, 0) is 6.42 Å². The number of nitrogens with zero attached hydrogens (tertiary/aromatic N) is 1. The molecule has 1 aromatic rings. The van der Waals surface area contributed by atoms with Gasteiger partial charge in [-0.3, -0.25) is 4.90 Å². The molecule has 2 rings (SSSR count). The maximum atomic E-state index is 5.96. The van der Waals surface area contributed by atoms with Gasteiger partial charge in [0, 0.05) is 12.1 Å². The lowest BCUT2D eigenvalue weighted by Crippen LogP contribution is -2.45. The third-order valence-corrected chi connectivity index (χ3v) is 4.97. The average molecular weight is 274 g/mol. The molecule has 1 aromatic carbocycles. The Kier molecular flexibility index (Phi) is 6.06. The fourth-order valence-corrected chi connectivity index (χ4v) is 3.79. The SMILES string of the molecule is CCN(C(C)CCc1ccccc1)C1CCCC1CN. The van der Waals surface area contributed by atoms with Gasteiger partial charge in [-0.2, -0.15) is 0 Å². The molecule has 0 heterocycles. The Labute approximate surface area is 124 Å². The van der Waals surface area contributed by atoms with Crippen molar-refractivity contribution in [3.8, 4) is 0 Å². The molecule has 20 heavy (non-hydrogen) atoms. The van der Waals surface area contributed by atoms with Crippen LogP contribution >= 0.6 is 0 Å². The van der Waals surface area contributed by atoms with Crippen LogP contribution in [0.15, 0.2) is 30.3 Å². The summed E-state index contributed by atoms with van der Waals surface area (Å²) in [4.78, 5) is 2.70. The highest BCUT2D eigenvalue weighted by Crippen LogP contribution is 2.31. The minimum absolute atomic E-state index is 0.650. The molecule has 0 aromatic heterocycles. The van der Waals surface area contributed by atoms with E-state index in [1.54, 1.807) is 0 Å². The normalized spacial score (nSPS) is 24.2. The van der Waals surface area contributed by atoms with E-state index in [-0.39, 0.29) is 0 Å². The van der Waals surface area contributed by atoms with Crippen LogP contribution in [-0.4, -0.2) is 30.1 Å². The smallest absolute Gasteiger partial charge is 0.0138 e. The van der Waals surface area contributed by atoms with Crippen molar-refractivity contribution < 1.29 is 0 Å². The molecule has 2 nitrogen and oxygen atoms in total. The van der Waals surface area contributed by atoms with Gasteiger partial charge in [0.15, 0.2) is 0 Å². The first-order chi connectivity index (χ1) is 9.76. The van der Waals surface area contributed by atoms with E-state index in [9.17, 15) is 0 Å². The van der Waals surface area contributed by atoms with Gasteiger partial charge in [-0.25, -0.2) is 0 Å². The number of aryl methyl sites for hydroxylation is 1. The fourth-order valence-electron chi connectivity index (χ4n) is 3.79. The minimum atomic E-state index is 0.650. The highest BCUT2D eigenvalue weighted by Gasteiger charge is 2.32. The van der Waals surface area contributed by atoms with Crippen molar-refractivity contribution in [1.82, 2.24) is 4.90 Å². The second-order valence-corrected chi connectivity index (χ2v) is 6.20. The summed E-state index contributed by atoms with van der Waals surface area (Å²) in [5.74, 6) is 0.717. The van der Waals surface area contributed by atoms with Crippen LogP contribution in [0.25, 0.3) is 0 Å². The van der Waals surface area contributed by atoms with Crippen molar-refractivity contribution in [2.24, 2.45) is 11.7 Å². The summed E-state index contributed by atoms with van der Waals surface area (Å²) in [5, 5.41) is 0. The Morgan fingerprint density at radius 1 is 1.25 bits per heavy atom. The summed E-state index contributed by atoms with van der Waals surface area (Å²) in [7, 11) is 0. The fraction of sp³-hybridized carbons (Fsp3) is 0.667. The van der Waals surface area contributed by atoms with Crippen molar-refractivity contribution >= 4 is 0 Å². The Bertz CT molecular complexity index is 376. The maximum absolute atomic E-state index is 5.96. The van der Waals surface area contributed by atoms with Gasteiger partial charge in [0.1, 0.15) is 0 Å². The number of hydrogen-bond acceptors (Lipinski definition) is 2. The second-order valence-electron chi connectivity index (χ2n) is 6.20. The maximum Gasteiger partial charge on any atom is 0.0138 e. The molecular formula is C18H30N2. The van der Waals surface area contributed by atoms with E-state index in [2.05, 4.69) is 49.1 Å². The van der Waals surface area contributed by atoms with Crippen LogP contribution in [0.4, 0.5) is 0 Å². The molecule has 1 saturated carbocycles. The van der Waals surface area contributed by atoms with Crippen molar-refractivity contribution in [3.63, 3.8) is 0 Å². The van der Waals surface area contributed by atoms with Crippen molar-refractivity contribution in [1.29, 1.82) is 0 Å².